The molecule has 0 saturated heterocycles. The third-order valence-electron chi connectivity index (χ3n) is 2.21. The molecule has 0 saturated carbocycles. The fourth-order valence-electron chi connectivity index (χ4n) is 1.30. The summed E-state index contributed by atoms with van der Waals surface area (Å²) in [6.45, 7) is 2.08. The Labute approximate surface area is 109 Å². The van der Waals surface area contributed by atoms with Crippen LogP contribution in [0.25, 0.3) is 0 Å². The summed E-state index contributed by atoms with van der Waals surface area (Å²) in [5, 5.41) is 9.81. The van der Waals surface area contributed by atoms with Crippen molar-refractivity contribution in [1.29, 1.82) is 5.41 Å². The Kier molecular flexibility index (Phi) is 5.66. The maximum atomic E-state index is 12.9. The molecule has 0 aliphatic rings. The Morgan fingerprint density at radius 3 is 2.74 bits per heavy atom. The summed E-state index contributed by atoms with van der Waals surface area (Å²) in [4.78, 5) is 11.3. The van der Waals surface area contributed by atoms with Crippen LogP contribution in [0.15, 0.2) is 30.0 Å². The number of halogens is 2. The SMILES string of the molecule is CCOC(=O)/C(C=N)=C/NCc1ccc(F)c(F)c1. The van der Waals surface area contributed by atoms with Gasteiger partial charge < -0.3 is 15.5 Å². The zero-order valence-electron chi connectivity index (χ0n) is 10.4. The fraction of sp³-hybridized carbons (Fsp3) is 0.231. The molecule has 0 aliphatic carbocycles. The van der Waals surface area contributed by atoms with Gasteiger partial charge in [-0.15, -0.1) is 0 Å². The monoisotopic (exact) mass is 268 g/mol. The second-order valence-corrected chi connectivity index (χ2v) is 3.59. The zero-order chi connectivity index (χ0) is 14.3. The van der Waals surface area contributed by atoms with Crippen molar-refractivity contribution in [2.45, 2.75) is 13.5 Å². The van der Waals surface area contributed by atoms with Gasteiger partial charge in [-0.2, -0.15) is 0 Å². The van der Waals surface area contributed by atoms with Gasteiger partial charge >= 0.3 is 5.97 Å². The highest BCUT2D eigenvalue weighted by Gasteiger charge is 2.07. The van der Waals surface area contributed by atoms with Crippen molar-refractivity contribution in [3.8, 4) is 0 Å². The van der Waals surface area contributed by atoms with E-state index in [0.717, 1.165) is 18.3 Å². The summed E-state index contributed by atoms with van der Waals surface area (Å²) >= 11 is 0. The highest BCUT2D eigenvalue weighted by molar-refractivity contribution is 6.08. The van der Waals surface area contributed by atoms with E-state index < -0.39 is 17.6 Å². The van der Waals surface area contributed by atoms with Crippen LogP contribution in [0.5, 0.6) is 0 Å². The molecule has 0 spiro atoms. The molecule has 1 rings (SSSR count). The van der Waals surface area contributed by atoms with Gasteiger partial charge in [0.2, 0.25) is 0 Å². The molecule has 0 amide bonds. The Hall–Kier alpha value is -2.24. The van der Waals surface area contributed by atoms with E-state index in [1.54, 1.807) is 6.92 Å². The number of carbonyl (C=O) groups is 1. The first-order valence-corrected chi connectivity index (χ1v) is 5.63. The second-order valence-electron chi connectivity index (χ2n) is 3.59. The number of benzene rings is 1. The Bertz CT molecular complexity index is 501. The molecule has 0 unspecified atom stereocenters. The minimum atomic E-state index is -0.930. The van der Waals surface area contributed by atoms with E-state index in [-0.39, 0.29) is 18.7 Å². The van der Waals surface area contributed by atoms with E-state index in [1.807, 2.05) is 0 Å². The number of rotatable bonds is 6. The molecule has 102 valence electrons. The minimum absolute atomic E-state index is 0.0458. The summed E-state index contributed by atoms with van der Waals surface area (Å²) in [6, 6.07) is 3.51. The van der Waals surface area contributed by atoms with Crippen molar-refractivity contribution in [2.24, 2.45) is 0 Å². The zero-order valence-corrected chi connectivity index (χ0v) is 10.4. The molecule has 0 aromatic heterocycles. The Balaban J connectivity index is 2.62. The van der Waals surface area contributed by atoms with Gasteiger partial charge in [0.05, 0.1) is 12.2 Å². The van der Waals surface area contributed by atoms with Gasteiger partial charge in [-0.25, -0.2) is 13.6 Å². The topological polar surface area (TPSA) is 62.2 Å². The van der Waals surface area contributed by atoms with Crippen molar-refractivity contribution in [3.05, 3.63) is 47.2 Å². The molecular formula is C13H14F2N2O2. The number of carbonyl (C=O) groups excluding carboxylic acids is 1. The molecular weight excluding hydrogens is 254 g/mol. The van der Waals surface area contributed by atoms with Gasteiger partial charge in [0.15, 0.2) is 11.6 Å². The number of hydrogen-bond donors (Lipinski definition) is 2. The van der Waals surface area contributed by atoms with Crippen molar-refractivity contribution < 1.29 is 18.3 Å². The quantitative estimate of drug-likeness (QED) is 0.472. The first-order valence-electron chi connectivity index (χ1n) is 5.63. The number of hydrogen-bond acceptors (Lipinski definition) is 4. The molecule has 4 nitrogen and oxygen atoms in total. The lowest BCUT2D eigenvalue weighted by molar-refractivity contribution is -0.137. The molecule has 2 N–H and O–H groups in total. The molecule has 0 radical (unpaired) electrons. The number of nitrogens with one attached hydrogen (secondary N) is 2. The third-order valence-corrected chi connectivity index (χ3v) is 2.21. The molecule has 0 atom stereocenters. The second kappa shape index (κ2) is 7.25. The van der Waals surface area contributed by atoms with E-state index in [0.29, 0.717) is 5.56 Å². The summed E-state index contributed by atoms with van der Waals surface area (Å²) in [7, 11) is 0. The molecule has 1 aromatic rings. The first-order chi connectivity index (χ1) is 9.08. The first kappa shape index (κ1) is 14.8. The Morgan fingerprint density at radius 2 is 2.16 bits per heavy atom. The van der Waals surface area contributed by atoms with Crippen LogP contribution in [0.1, 0.15) is 12.5 Å². The summed E-state index contributed by atoms with van der Waals surface area (Å²) in [5.74, 6) is -2.46. The van der Waals surface area contributed by atoms with Gasteiger partial charge in [-0.05, 0) is 24.6 Å². The third kappa shape index (κ3) is 4.50. The summed E-state index contributed by atoms with van der Waals surface area (Å²) in [6.07, 6.45) is 2.16. The molecule has 0 heterocycles. The largest absolute Gasteiger partial charge is 0.462 e. The van der Waals surface area contributed by atoms with E-state index >= 15 is 0 Å². The van der Waals surface area contributed by atoms with Crippen molar-refractivity contribution in [2.75, 3.05) is 6.61 Å². The van der Waals surface area contributed by atoms with Gasteiger partial charge in [0, 0.05) is 19.0 Å². The maximum absolute atomic E-state index is 12.9. The van der Waals surface area contributed by atoms with E-state index in [1.165, 1.54) is 12.3 Å². The van der Waals surface area contributed by atoms with Crippen molar-refractivity contribution in [1.82, 2.24) is 5.32 Å². The van der Waals surface area contributed by atoms with Crippen molar-refractivity contribution >= 4 is 12.2 Å². The highest BCUT2D eigenvalue weighted by atomic mass is 19.2. The molecule has 6 heteroatoms. The summed E-state index contributed by atoms with van der Waals surface area (Å²) < 4.78 is 30.4. The highest BCUT2D eigenvalue weighted by Crippen LogP contribution is 2.08. The van der Waals surface area contributed by atoms with Crippen LogP contribution in [0.4, 0.5) is 8.78 Å². The van der Waals surface area contributed by atoms with Crippen LogP contribution in [0.3, 0.4) is 0 Å². The van der Waals surface area contributed by atoms with Crippen LogP contribution >= 0.6 is 0 Å². The van der Waals surface area contributed by atoms with Gasteiger partial charge in [0.25, 0.3) is 0 Å². The predicted molar refractivity (Wildman–Crippen MR) is 66.7 cm³/mol. The van der Waals surface area contributed by atoms with E-state index in [9.17, 15) is 13.6 Å². The number of esters is 1. The van der Waals surface area contributed by atoms with Gasteiger partial charge in [-0.1, -0.05) is 6.07 Å². The lowest BCUT2D eigenvalue weighted by Crippen LogP contribution is -2.13. The van der Waals surface area contributed by atoms with Crippen LogP contribution in [0.2, 0.25) is 0 Å². The molecule has 0 fully saturated rings. The molecule has 1 aromatic carbocycles. The van der Waals surface area contributed by atoms with Crippen LogP contribution in [-0.2, 0) is 16.1 Å². The van der Waals surface area contributed by atoms with E-state index in [2.05, 4.69) is 5.32 Å². The fourth-order valence-corrected chi connectivity index (χ4v) is 1.30. The molecule has 19 heavy (non-hydrogen) atoms. The molecule has 0 aliphatic heterocycles. The standard InChI is InChI=1S/C13H14F2N2O2/c1-2-19-13(18)10(6-16)8-17-7-9-3-4-11(14)12(15)5-9/h3-6,8,16-17H,2,7H2,1H3/b10-8+,16-6?. The van der Waals surface area contributed by atoms with Crippen molar-refractivity contribution in [3.63, 3.8) is 0 Å². The number of ether oxygens (including phenoxy) is 1. The van der Waals surface area contributed by atoms with Gasteiger partial charge in [0.1, 0.15) is 0 Å². The smallest absolute Gasteiger partial charge is 0.341 e. The average Bonchev–Trinajstić information content (AvgIpc) is 2.39. The van der Waals surface area contributed by atoms with Crippen LogP contribution in [-0.4, -0.2) is 18.8 Å². The average molecular weight is 268 g/mol. The normalized spacial score (nSPS) is 11.0. The molecule has 0 bridgehead atoms. The van der Waals surface area contributed by atoms with Crippen LogP contribution in [0, 0.1) is 17.0 Å². The lowest BCUT2D eigenvalue weighted by Gasteiger charge is -2.05. The van der Waals surface area contributed by atoms with Crippen LogP contribution < -0.4 is 5.32 Å². The Morgan fingerprint density at radius 1 is 1.42 bits per heavy atom. The summed E-state index contributed by atoms with van der Waals surface area (Å²) in [5.41, 5.74) is 0.563. The lowest BCUT2D eigenvalue weighted by atomic mass is 10.2. The van der Waals surface area contributed by atoms with E-state index in [4.69, 9.17) is 10.1 Å². The predicted octanol–water partition coefficient (Wildman–Crippen LogP) is 2.15. The minimum Gasteiger partial charge on any atom is -0.462 e. The van der Waals surface area contributed by atoms with Gasteiger partial charge in [-0.3, -0.25) is 0 Å². The maximum Gasteiger partial charge on any atom is 0.341 e.